The van der Waals surface area contributed by atoms with Gasteiger partial charge in [0.25, 0.3) is 0 Å². The largest absolute Gasteiger partial charge is 0.368 e. The third-order valence-electron chi connectivity index (χ3n) is 1.91. The summed E-state index contributed by atoms with van der Waals surface area (Å²) in [6.45, 7) is 2.02. The van der Waals surface area contributed by atoms with Gasteiger partial charge in [-0.25, -0.2) is 0 Å². The minimum Gasteiger partial charge on any atom is -0.368 e. The molecule has 0 radical (unpaired) electrons. The highest BCUT2D eigenvalue weighted by Gasteiger charge is 2.46. The van der Waals surface area contributed by atoms with E-state index in [0.29, 0.717) is 24.7 Å². The van der Waals surface area contributed by atoms with Crippen LogP contribution in [0, 0.1) is 0 Å². The number of rotatable bonds is 1. The molecule has 2 rings (SSSR count). The number of hydrogen-bond acceptors (Lipinski definition) is 2. The molecule has 1 N–H and O–H groups in total. The zero-order valence-electron chi connectivity index (χ0n) is 5.26. The fourth-order valence-corrected chi connectivity index (χ4v) is 1.21. The lowest BCUT2D eigenvalue weighted by Gasteiger charge is -2.24. The Bertz CT molecular complexity index is 149. The van der Waals surface area contributed by atoms with E-state index in [-0.39, 0.29) is 5.91 Å². The molecule has 0 aromatic carbocycles. The number of epoxide rings is 1. The molecule has 0 aromatic rings. The van der Waals surface area contributed by atoms with Crippen molar-refractivity contribution in [1.82, 2.24) is 5.32 Å². The van der Waals surface area contributed by atoms with Crippen LogP contribution in [0.4, 0.5) is 0 Å². The van der Waals surface area contributed by atoms with Crippen LogP contribution in [0.2, 0.25) is 0 Å². The van der Waals surface area contributed by atoms with Gasteiger partial charge in [-0.1, -0.05) is 0 Å². The summed E-state index contributed by atoms with van der Waals surface area (Å²) >= 11 is 0. The molecule has 3 heteroatoms. The normalized spacial score (nSPS) is 47.7. The predicted octanol–water partition coefficient (Wildman–Crippen LogP) is -0.338. The molecule has 9 heavy (non-hydrogen) atoms. The number of carbonyl (C=O) groups excluding carboxylic acids is 1. The lowest BCUT2D eigenvalue weighted by molar-refractivity contribution is -0.128. The van der Waals surface area contributed by atoms with Crippen LogP contribution < -0.4 is 5.32 Å². The molecule has 0 unspecified atom stereocenters. The van der Waals surface area contributed by atoms with Crippen molar-refractivity contribution < 1.29 is 9.53 Å². The van der Waals surface area contributed by atoms with Crippen molar-refractivity contribution in [3.8, 4) is 0 Å². The second kappa shape index (κ2) is 1.48. The summed E-state index contributed by atoms with van der Waals surface area (Å²) < 4.78 is 5.15. The standard InChI is InChI=1S/C6H9NO2/c1-3-6(9-3)4-2-5(8)7-4/h3-4,6H,2H2,1H3,(H,7,8)/t3-,4-,6-/m0/s1. The number of amides is 1. The van der Waals surface area contributed by atoms with Crippen LogP contribution in [-0.4, -0.2) is 24.2 Å². The molecular formula is C6H9NO2. The van der Waals surface area contributed by atoms with Crippen LogP contribution in [0.1, 0.15) is 13.3 Å². The van der Waals surface area contributed by atoms with Crippen molar-refractivity contribution in [2.24, 2.45) is 0 Å². The summed E-state index contributed by atoms with van der Waals surface area (Å²) in [6.07, 6.45) is 1.35. The number of β-lactam (4-membered cyclic amide) rings is 1. The summed E-state index contributed by atoms with van der Waals surface area (Å²) in [5, 5.41) is 2.77. The number of nitrogens with one attached hydrogen (secondary N) is 1. The Morgan fingerprint density at radius 3 is 2.67 bits per heavy atom. The minimum atomic E-state index is 0.155. The topological polar surface area (TPSA) is 41.6 Å². The van der Waals surface area contributed by atoms with Gasteiger partial charge in [0.05, 0.1) is 12.1 Å². The van der Waals surface area contributed by atoms with Gasteiger partial charge >= 0.3 is 0 Å². The third kappa shape index (κ3) is 0.721. The monoisotopic (exact) mass is 127 g/mol. The van der Waals surface area contributed by atoms with Crippen LogP contribution in [0.15, 0.2) is 0 Å². The zero-order valence-corrected chi connectivity index (χ0v) is 5.26. The summed E-state index contributed by atoms with van der Waals surface area (Å²) in [6, 6.07) is 0.326. The molecule has 0 aromatic heterocycles. The lowest BCUT2D eigenvalue weighted by atomic mass is 10.0. The Balaban J connectivity index is 1.84. The molecular weight excluding hydrogens is 118 g/mol. The third-order valence-corrected chi connectivity index (χ3v) is 1.91. The smallest absolute Gasteiger partial charge is 0.222 e. The van der Waals surface area contributed by atoms with Gasteiger partial charge in [0, 0.05) is 6.42 Å². The lowest BCUT2D eigenvalue weighted by Crippen LogP contribution is -2.52. The molecule has 3 atom stereocenters. The second-order valence-corrected chi connectivity index (χ2v) is 2.68. The van der Waals surface area contributed by atoms with Crippen molar-refractivity contribution >= 4 is 5.91 Å². The molecule has 0 aliphatic carbocycles. The summed E-state index contributed by atoms with van der Waals surface area (Å²) in [4.78, 5) is 10.4. The van der Waals surface area contributed by atoms with Gasteiger partial charge in [-0.2, -0.15) is 0 Å². The minimum absolute atomic E-state index is 0.155. The maximum Gasteiger partial charge on any atom is 0.222 e. The molecule has 2 aliphatic heterocycles. The summed E-state index contributed by atoms with van der Waals surface area (Å²) in [5.41, 5.74) is 0. The quantitative estimate of drug-likeness (QED) is 0.387. The Labute approximate surface area is 53.4 Å². The SMILES string of the molecule is C[C@@H]1O[C@@H]1[C@@H]1CC(=O)N1. The highest BCUT2D eigenvalue weighted by Crippen LogP contribution is 2.29. The second-order valence-electron chi connectivity index (χ2n) is 2.68. The Hall–Kier alpha value is -0.570. The van der Waals surface area contributed by atoms with E-state index >= 15 is 0 Å². The molecule has 0 saturated carbocycles. The van der Waals surface area contributed by atoms with E-state index in [2.05, 4.69) is 5.32 Å². The molecule has 2 fully saturated rings. The average molecular weight is 127 g/mol. The maximum absolute atomic E-state index is 10.4. The molecule has 2 aliphatic rings. The molecule has 2 saturated heterocycles. The van der Waals surface area contributed by atoms with Gasteiger partial charge in [-0.3, -0.25) is 4.79 Å². The molecule has 50 valence electrons. The number of ether oxygens (including phenoxy) is 1. The van der Waals surface area contributed by atoms with Gasteiger partial charge in [0.2, 0.25) is 5.91 Å². The van der Waals surface area contributed by atoms with E-state index in [1.165, 1.54) is 0 Å². The first kappa shape index (κ1) is 5.23. The molecule has 1 amide bonds. The highest BCUT2D eigenvalue weighted by atomic mass is 16.6. The summed E-state index contributed by atoms with van der Waals surface area (Å²) in [5.74, 6) is 0.155. The van der Waals surface area contributed by atoms with Crippen molar-refractivity contribution in [3.63, 3.8) is 0 Å². The maximum atomic E-state index is 10.4. The van der Waals surface area contributed by atoms with E-state index < -0.39 is 0 Å². The van der Waals surface area contributed by atoms with Crippen LogP contribution in [0.5, 0.6) is 0 Å². The van der Waals surface area contributed by atoms with Crippen molar-refractivity contribution in [2.45, 2.75) is 31.6 Å². The fourth-order valence-electron chi connectivity index (χ4n) is 1.21. The average Bonchev–Trinajstić information content (AvgIpc) is 2.38. The van der Waals surface area contributed by atoms with Crippen molar-refractivity contribution in [2.75, 3.05) is 0 Å². The first-order chi connectivity index (χ1) is 4.27. The molecule has 0 spiro atoms. The van der Waals surface area contributed by atoms with Gasteiger partial charge in [0.1, 0.15) is 6.10 Å². The molecule has 0 bridgehead atoms. The first-order valence-corrected chi connectivity index (χ1v) is 3.22. The first-order valence-electron chi connectivity index (χ1n) is 3.22. The van der Waals surface area contributed by atoms with Crippen LogP contribution >= 0.6 is 0 Å². The number of carbonyl (C=O) groups is 1. The Kier molecular flexibility index (Phi) is 0.858. The zero-order chi connectivity index (χ0) is 6.43. The van der Waals surface area contributed by atoms with E-state index in [1.54, 1.807) is 0 Å². The van der Waals surface area contributed by atoms with Gasteiger partial charge < -0.3 is 10.1 Å². The predicted molar refractivity (Wildman–Crippen MR) is 30.9 cm³/mol. The molecule has 2 heterocycles. The van der Waals surface area contributed by atoms with Gasteiger partial charge in [-0.05, 0) is 6.92 Å². The van der Waals surface area contributed by atoms with Crippen LogP contribution in [0.25, 0.3) is 0 Å². The van der Waals surface area contributed by atoms with E-state index in [1.807, 2.05) is 6.92 Å². The van der Waals surface area contributed by atoms with Crippen molar-refractivity contribution in [1.29, 1.82) is 0 Å². The molecule has 3 nitrogen and oxygen atoms in total. The number of hydrogen-bond donors (Lipinski definition) is 1. The van der Waals surface area contributed by atoms with E-state index in [9.17, 15) is 4.79 Å². The Morgan fingerprint density at radius 1 is 1.78 bits per heavy atom. The van der Waals surface area contributed by atoms with E-state index in [4.69, 9.17) is 4.74 Å². The van der Waals surface area contributed by atoms with Crippen LogP contribution in [0.3, 0.4) is 0 Å². The highest BCUT2D eigenvalue weighted by molar-refractivity contribution is 5.83. The van der Waals surface area contributed by atoms with Crippen LogP contribution in [-0.2, 0) is 9.53 Å². The van der Waals surface area contributed by atoms with Gasteiger partial charge in [-0.15, -0.1) is 0 Å². The summed E-state index contributed by atoms with van der Waals surface area (Å²) in [7, 11) is 0. The van der Waals surface area contributed by atoms with Gasteiger partial charge in [0.15, 0.2) is 0 Å². The van der Waals surface area contributed by atoms with E-state index in [0.717, 1.165) is 0 Å². The van der Waals surface area contributed by atoms with Crippen molar-refractivity contribution in [3.05, 3.63) is 0 Å². The fraction of sp³-hybridized carbons (Fsp3) is 0.833. The Morgan fingerprint density at radius 2 is 2.33 bits per heavy atom.